The molecule has 1 aromatic carbocycles. The Labute approximate surface area is 189 Å². The average Bonchev–Trinajstić information content (AvgIpc) is 3.08. The number of aromatic nitrogens is 1. The number of sulfonamides is 1. The predicted octanol–water partition coefficient (Wildman–Crippen LogP) is 1.88. The maximum absolute atomic E-state index is 13.4. The number of benzene rings is 1. The van der Waals surface area contributed by atoms with Gasteiger partial charge in [0.2, 0.25) is 5.91 Å². The van der Waals surface area contributed by atoms with E-state index in [1.165, 1.54) is 5.56 Å². The highest BCUT2D eigenvalue weighted by molar-refractivity contribution is 7.90. The molecule has 9 heteroatoms. The number of rotatable bonds is 6. The highest BCUT2D eigenvalue weighted by atomic mass is 32.2. The second-order valence-corrected chi connectivity index (χ2v) is 10.0. The zero-order chi connectivity index (χ0) is 22.7. The van der Waals surface area contributed by atoms with Gasteiger partial charge in [-0.05, 0) is 35.7 Å². The first-order valence-corrected chi connectivity index (χ1v) is 12.5. The number of carbonyl (C=O) groups is 1. The van der Waals surface area contributed by atoms with E-state index in [0.717, 1.165) is 26.1 Å². The number of fused-ring (bicyclic) bond motifs is 1. The number of hydrogen-bond acceptors (Lipinski definition) is 6. The second kappa shape index (κ2) is 9.38. The fraction of sp³-hybridized carbons (Fsp3) is 0.435. The Morgan fingerprint density at radius 2 is 1.81 bits per heavy atom. The van der Waals surface area contributed by atoms with Gasteiger partial charge in [-0.3, -0.25) is 24.4 Å². The molecule has 1 amide bonds. The van der Waals surface area contributed by atoms with Crippen LogP contribution in [0.2, 0.25) is 0 Å². The monoisotopic (exact) mass is 455 g/mol. The number of carbonyl (C=O) groups excluding carboxylic acids is 1. The fourth-order valence-electron chi connectivity index (χ4n) is 4.08. The molecule has 0 radical (unpaired) electrons. The molecular weight excluding hydrogens is 426 g/mol. The van der Waals surface area contributed by atoms with Gasteiger partial charge in [0.05, 0.1) is 4.90 Å². The maximum atomic E-state index is 13.4. The van der Waals surface area contributed by atoms with Crippen LogP contribution in [0.25, 0.3) is 0 Å². The van der Waals surface area contributed by atoms with Crippen LogP contribution in [-0.4, -0.2) is 67.2 Å². The minimum absolute atomic E-state index is 0.0119. The minimum atomic E-state index is -3.64. The van der Waals surface area contributed by atoms with Crippen LogP contribution >= 0.6 is 0 Å². The molecule has 2 aromatic rings. The molecule has 1 fully saturated rings. The quantitative estimate of drug-likeness (QED) is 0.718. The van der Waals surface area contributed by atoms with Crippen molar-refractivity contribution in [1.82, 2.24) is 19.5 Å². The Bertz CT molecular complexity index is 1100. The molecule has 170 valence electrons. The molecule has 0 saturated carbocycles. The van der Waals surface area contributed by atoms with Gasteiger partial charge >= 0.3 is 0 Å². The van der Waals surface area contributed by atoms with E-state index < -0.39 is 16.1 Å². The molecule has 2 aliphatic heterocycles. The van der Waals surface area contributed by atoms with Gasteiger partial charge < -0.3 is 4.90 Å². The van der Waals surface area contributed by atoms with E-state index in [4.69, 9.17) is 0 Å². The summed E-state index contributed by atoms with van der Waals surface area (Å²) in [5.41, 5.74) is 1.73. The summed E-state index contributed by atoms with van der Waals surface area (Å²) >= 11 is 0. The van der Waals surface area contributed by atoms with E-state index in [0.29, 0.717) is 18.7 Å². The third-order valence-electron chi connectivity index (χ3n) is 6.21. The average molecular weight is 456 g/mol. The van der Waals surface area contributed by atoms with Gasteiger partial charge in [0.15, 0.2) is 0 Å². The molecule has 2 aliphatic rings. The highest BCUT2D eigenvalue weighted by Gasteiger charge is 2.35. The van der Waals surface area contributed by atoms with Gasteiger partial charge in [0.25, 0.3) is 10.0 Å². The number of piperazine rings is 1. The van der Waals surface area contributed by atoms with Gasteiger partial charge in [0.1, 0.15) is 11.9 Å². The van der Waals surface area contributed by atoms with E-state index in [9.17, 15) is 13.2 Å². The molecule has 2 atom stereocenters. The first kappa shape index (κ1) is 22.4. The van der Waals surface area contributed by atoms with Crippen LogP contribution in [-0.2, 0) is 21.4 Å². The number of amides is 1. The van der Waals surface area contributed by atoms with Crippen molar-refractivity contribution in [3.05, 3.63) is 59.9 Å². The molecule has 0 unspecified atom stereocenters. The van der Waals surface area contributed by atoms with Gasteiger partial charge in [-0.2, -0.15) is 0 Å². The normalized spacial score (nSPS) is 21.1. The molecule has 0 aliphatic carbocycles. The molecule has 0 bridgehead atoms. The SMILES string of the molecule is CC[C@H](C)[C@H](N=C1NS(=O)(=O)c2ccccc21)C(=O)N1CCN(Cc2ccncc2)CC1. The summed E-state index contributed by atoms with van der Waals surface area (Å²) in [7, 11) is -3.64. The number of hydrogen-bond donors (Lipinski definition) is 1. The zero-order valence-corrected chi connectivity index (χ0v) is 19.3. The van der Waals surface area contributed by atoms with Gasteiger partial charge in [-0.1, -0.05) is 32.4 Å². The summed E-state index contributed by atoms with van der Waals surface area (Å²) in [4.78, 5) is 26.5. The molecule has 8 nitrogen and oxygen atoms in total. The van der Waals surface area contributed by atoms with E-state index in [-0.39, 0.29) is 22.6 Å². The molecular formula is C23H29N5O3S. The summed E-state index contributed by atoms with van der Waals surface area (Å²) in [5.74, 6) is 0.205. The van der Waals surface area contributed by atoms with E-state index >= 15 is 0 Å². The molecule has 3 heterocycles. The van der Waals surface area contributed by atoms with Crippen molar-refractivity contribution >= 4 is 21.8 Å². The highest BCUT2D eigenvalue weighted by Crippen LogP contribution is 2.25. The zero-order valence-electron chi connectivity index (χ0n) is 18.4. The molecule has 1 saturated heterocycles. The first-order valence-electron chi connectivity index (χ1n) is 11.0. The lowest BCUT2D eigenvalue weighted by Crippen LogP contribution is -2.52. The number of aliphatic imine (C=N–C) groups is 1. The summed E-state index contributed by atoms with van der Waals surface area (Å²) < 4.78 is 27.4. The van der Waals surface area contributed by atoms with E-state index in [1.807, 2.05) is 30.9 Å². The summed E-state index contributed by atoms with van der Waals surface area (Å²) in [6, 6.07) is 10.1. The molecule has 1 N–H and O–H groups in total. The van der Waals surface area contributed by atoms with Crippen molar-refractivity contribution in [3.8, 4) is 0 Å². The van der Waals surface area contributed by atoms with Gasteiger partial charge in [-0.25, -0.2) is 8.42 Å². The Kier molecular flexibility index (Phi) is 6.57. The van der Waals surface area contributed by atoms with Gasteiger partial charge in [0, 0.05) is 50.7 Å². The molecule has 1 aromatic heterocycles. The lowest BCUT2D eigenvalue weighted by atomic mass is 9.97. The second-order valence-electron chi connectivity index (χ2n) is 8.37. The standard InChI is InChI=1S/C23H29N5O3S/c1-3-17(2)21(25-22-19-6-4-5-7-20(19)32(30,31)26-22)23(29)28-14-12-27(13-15-28)16-18-8-10-24-11-9-18/h4-11,17,21H,3,12-16H2,1-2H3,(H,25,26)/t17-,21-/m0/s1. The largest absolute Gasteiger partial charge is 0.338 e. The Morgan fingerprint density at radius 1 is 1.12 bits per heavy atom. The van der Waals surface area contributed by atoms with Crippen molar-refractivity contribution in [2.24, 2.45) is 10.9 Å². The van der Waals surface area contributed by atoms with Crippen molar-refractivity contribution in [2.45, 2.75) is 37.8 Å². The van der Waals surface area contributed by atoms with Crippen molar-refractivity contribution in [3.63, 3.8) is 0 Å². The smallest absolute Gasteiger partial charge is 0.263 e. The van der Waals surface area contributed by atoms with Gasteiger partial charge in [-0.15, -0.1) is 0 Å². The lowest BCUT2D eigenvalue weighted by molar-refractivity contribution is -0.135. The fourth-order valence-corrected chi connectivity index (χ4v) is 5.32. The first-order chi connectivity index (χ1) is 15.4. The molecule has 4 rings (SSSR count). The molecule has 32 heavy (non-hydrogen) atoms. The predicted molar refractivity (Wildman–Crippen MR) is 123 cm³/mol. The van der Waals surface area contributed by atoms with Crippen molar-refractivity contribution in [2.75, 3.05) is 26.2 Å². The number of nitrogens with one attached hydrogen (secondary N) is 1. The van der Waals surface area contributed by atoms with E-state index in [1.54, 1.807) is 36.7 Å². The maximum Gasteiger partial charge on any atom is 0.263 e. The minimum Gasteiger partial charge on any atom is -0.338 e. The summed E-state index contributed by atoms with van der Waals surface area (Å²) in [6.45, 7) is 7.67. The third kappa shape index (κ3) is 4.68. The number of nitrogens with zero attached hydrogens (tertiary/aromatic N) is 4. The van der Waals surface area contributed by atoms with Crippen LogP contribution in [0.4, 0.5) is 0 Å². The van der Waals surface area contributed by atoms with Crippen molar-refractivity contribution < 1.29 is 13.2 Å². The summed E-state index contributed by atoms with van der Waals surface area (Å²) in [5, 5.41) is 0. The Hall–Kier alpha value is -2.78. The van der Waals surface area contributed by atoms with Crippen LogP contribution in [0.15, 0.2) is 58.7 Å². The Morgan fingerprint density at radius 3 is 2.50 bits per heavy atom. The van der Waals surface area contributed by atoms with Crippen LogP contribution in [0, 0.1) is 5.92 Å². The summed E-state index contributed by atoms with van der Waals surface area (Å²) in [6.07, 6.45) is 4.35. The van der Waals surface area contributed by atoms with Crippen LogP contribution in [0.1, 0.15) is 31.4 Å². The number of amidine groups is 1. The van der Waals surface area contributed by atoms with Crippen LogP contribution < -0.4 is 4.72 Å². The van der Waals surface area contributed by atoms with Crippen molar-refractivity contribution in [1.29, 1.82) is 0 Å². The Balaban J connectivity index is 1.49. The lowest BCUT2D eigenvalue weighted by Gasteiger charge is -2.36. The molecule has 0 spiro atoms. The van der Waals surface area contributed by atoms with E-state index in [2.05, 4.69) is 19.6 Å². The number of pyridine rings is 1. The van der Waals surface area contributed by atoms with Crippen LogP contribution in [0.3, 0.4) is 0 Å². The third-order valence-corrected chi connectivity index (χ3v) is 7.60. The topological polar surface area (TPSA) is 95.0 Å². The van der Waals surface area contributed by atoms with Crippen LogP contribution in [0.5, 0.6) is 0 Å².